The van der Waals surface area contributed by atoms with Gasteiger partial charge in [0.15, 0.2) is 0 Å². The zero-order valence-electron chi connectivity index (χ0n) is 8.32. The predicted molar refractivity (Wildman–Crippen MR) is 57.0 cm³/mol. The zero-order valence-corrected chi connectivity index (χ0v) is 9.90. The van der Waals surface area contributed by atoms with Gasteiger partial charge in [-0.25, -0.2) is 8.78 Å². The summed E-state index contributed by atoms with van der Waals surface area (Å²) in [6.07, 6.45) is 5.84. The number of hydrogen-bond donors (Lipinski definition) is 0. The van der Waals surface area contributed by atoms with Gasteiger partial charge in [-0.2, -0.15) is 0 Å². The molecule has 3 heteroatoms. The van der Waals surface area contributed by atoms with E-state index in [9.17, 15) is 8.78 Å². The minimum Gasteiger partial charge on any atom is -0.207 e. The van der Waals surface area contributed by atoms with Gasteiger partial charge in [0.2, 0.25) is 0 Å². The molecule has 0 aromatic heterocycles. The van der Waals surface area contributed by atoms with Crippen molar-refractivity contribution in [1.29, 1.82) is 0 Å². The quantitative estimate of drug-likeness (QED) is 0.651. The van der Waals surface area contributed by atoms with E-state index in [-0.39, 0.29) is 12.3 Å². The van der Waals surface area contributed by atoms with Crippen molar-refractivity contribution in [3.8, 4) is 0 Å². The van der Waals surface area contributed by atoms with Gasteiger partial charge in [0.25, 0.3) is 5.92 Å². The average molecular weight is 267 g/mol. The molecule has 2 fully saturated rings. The van der Waals surface area contributed by atoms with Crippen LogP contribution in [0.4, 0.5) is 8.78 Å². The minimum absolute atomic E-state index is 0.122. The third kappa shape index (κ3) is 2.12. The van der Waals surface area contributed by atoms with Crippen molar-refractivity contribution in [2.75, 3.05) is 0 Å². The number of alkyl halides is 3. The van der Waals surface area contributed by atoms with Crippen molar-refractivity contribution in [3.05, 3.63) is 0 Å². The van der Waals surface area contributed by atoms with Gasteiger partial charge in [-0.05, 0) is 38.0 Å². The molecule has 2 aliphatic rings. The maximum atomic E-state index is 13.4. The van der Waals surface area contributed by atoms with E-state index in [0.29, 0.717) is 10.7 Å². The Balaban J connectivity index is 1.90. The van der Waals surface area contributed by atoms with Crippen LogP contribution in [0.15, 0.2) is 0 Å². The van der Waals surface area contributed by atoms with Crippen molar-refractivity contribution in [1.82, 2.24) is 0 Å². The molecule has 82 valence electrons. The summed E-state index contributed by atoms with van der Waals surface area (Å²) in [6, 6.07) is 0. The van der Waals surface area contributed by atoms with E-state index in [0.717, 1.165) is 25.7 Å². The molecule has 3 atom stereocenters. The van der Waals surface area contributed by atoms with Crippen molar-refractivity contribution in [3.63, 3.8) is 0 Å². The lowest BCUT2D eigenvalue weighted by Gasteiger charge is -2.23. The molecule has 0 saturated heterocycles. The van der Waals surface area contributed by atoms with Crippen LogP contribution in [-0.4, -0.2) is 10.7 Å². The fourth-order valence-corrected chi connectivity index (χ4v) is 3.72. The molecule has 14 heavy (non-hydrogen) atoms. The highest BCUT2D eigenvalue weighted by molar-refractivity contribution is 9.09. The fraction of sp³-hybridized carbons (Fsp3) is 1.00. The Hall–Kier alpha value is 0.340. The van der Waals surface area contributed by atoms with E-state index in [1.165, 1.54) is 12.8 Å². The highest BCUT2D eigenvalue weighted by atomic mass is 79.9. The monoisotopic (exact) mass is 266 g/mol. The normalized spacial score (nSPS) is 41.8. The standard InChI is InChI=1S/C11H17BrF2/c12-10-5-1-3-8(10)7-9-4-2-6-11(9,13)14/h8-10H,1-7H2. The first-order valence-electron chi connectivity index (χ1n) is 5.61. The van der Waals surface area contributed by atoms with Crippen molar-refractivity contribution in [2.24, 2.45) is 11.8 Å². The molecule has 3 unspecified atom stereocenters. The van der Waals surface area contributed by atoms with E-state index in [1.54, 1.807) is 0 Å². The van der Waals surface area contributed by atoms with Gasteiger partial charge < -0.3 is 0 Å². The maximum Gasteiger partial charge on any atom is 0.250 e. The molecule has 0 aliphatic heterocycles. The molecular weight excluding hydrogens is 250 g/mol. The molecule has 0 aromatic carbocycles. The fourth-order valence-electron chi connectivity index (χ4n) is 2.91. The summed E-state index contributed by atoms with van der Waals surface area (Å²) in [4.78, 5) is 0.499. The summed E-state index contributed by atoms with van der Waals surface area (Å²) >= 11 is 3.60. The molecule has 0 heterocycles. The summed E-state index contributed by atoms with van der Waals surface area (Å²) in [6.45, 7) is 0. The second kappa shape index (κ2) is 4.07. The second-order valence-corrected chi connectivity index (χ2v) is 5.97. The van der Waals surface area contributed by atoms with Crippen LogP contribution in [0.2, 0.25) is 0 Å². The summed E-state index contributed by atoms with van der Waals surface area (Å²) in [5, 5.41) is 0. The Morgan fingerprint density at radius 2 is 1.93 bits per heavy atom. The Kier molecular flexibility index (Phi) is 3.15. The van der Waals surface area contributed by atoms with E-state index in [1.807, 2.05) is 0 Å². The van der Waals surface area contributed by atoms with Crippen LogP contribution in [-0.2, 0) is 0 Å². The lowest BCUT2D eigenvalue weighted by Crippen LogP contribution is -2.25. The molecule has 2 rings (SSSR count). The molecule has 0 aromatic rings. The highest BCUT2D eigenvalue weighted by Gasteiger charge is 2.45. The van der Waals surface area contributed by atoms with Crippen molar-refractivity contribution >= 4 is 15.9 Å². The maximum absolute atomic E-state index is 13.4. The summed E-state index contributed by atoms with van der Waals surface area (Å²) in [7, 11) is 0. The van der Waals surface area contributed by atoms with Gasteiger partial charge in [0, 0.05) is 17.2 Å². The molecule has 0 N–H and O–H groups in total. The third-order valence-electron chi connectivity index (χ3n) is 3.81. The number of rotatable bonds is 2. The summed E-state index contributed by atoms with van der Waals surface area (Å²) < 4.78 is 26.7. The van der Waals surface area contributed by atoms with Gasteiger partial charge in [-0.1, -0.05) is 22.4 Å². The zero-order chi connectivity index (χ0) is 10.2. The topological polar surface area (TPSA) is 0 Å². The average Bonchev–Trinajstić information content (AvgIpc) is 2.62. The van der Waals surface area contributed by atoms with E-state index < -0.39 is 5.92 Å². The van der Waals surface area contributed by atoms with Crippen LogP contribution in [0.3, 0.4) is 0 Å². The molecular formula is C11H17BrF2. The van der Waals surface area contributed by atoms with Crippen LogP contribution >= 0.6 is 15.9 Å². The Labute approximate surface area is 92.6 Å². The largest absolute Gasteiger partial charge is 0.250 e. The molecule has 0 bridgehead atoms. The third-order valence-corrected chi connectivity index (χ3v) is 5.02. The lowest BCUT2D eigenvalue weighted by molar-refractivity contribution is -0.0439. The van der Waals surface area contributed by atoms with Gasteiger partial charge >= 0.3 is 0 Å². The number of halogens is 3. The van der Waals surface area contributed by atoms with Gasteiger partial charge in [0.1, 0.15) is 0 Å². The Morgan fingerprint density at radius 3 is 2.43 bits per heavy atom. The van der Waals surface area contributed by atoms with E-state index in [2.05, 4.69) is 15.9 Å². The molecule has 2 saturated carbocycles. The lowest BCUT2D eigenvalue weighted by atomic mass is 9.90. The second-order valence-electron chi connectivity index (χ2n) is 4.79. The first-order valence-corrected chi connectivity index (χ1v) is 6.53. The van der Waals surface area contributed by atoms with E-state index >= 15 is 0 Å². The van der Waals surface area contributed by atoms with Crippen LogP contribution in [0.5, 0.6) is 0 Å². The predicted octanol–water partition coefficient (Wildman–Crippen LogP) is 4.38. The first kappa shape index (κ1) is 10.8. The first-order chi connectivity index (χ1) is 6.59. The van der Waals surface area contributed by atoms with Crippen LogP contribution < -0.4 is 0 Å². The van der Waals surface area contributed by atoms with E-state index in [4.69, 9.17) is 0 Å². The summed E-state index contributed by atoms with van der Waals surface area (Å²) in [5.41, 5.74) is 0. The minimum atomic E-state index is -2.37. The smallest absolute Gasteiger partial charge is 0.207 e. The van der Waals surface area contributed by atoms with Crippen LogP contribution in [0, 0.1) is 11.8 Å². The molecule has 0 radical (unpaired) electrons. The highest BCUT2D eigenvalue weighted by Crippen LogP contribution is 2.46. The molecule has 0 spiro atoms. The van der Waals surface area contributed by atoms with Gasteiger partial charge in [-0.15, -0.1) is 0 Å². The SMILES string of the molecule is FC1(F)CCCC1CC1CCCC1Br. The molecule has 2 aliphatic carbocycles. The van der Waals surface area contributed by atoms with Gasteiger partial charge in [0.05, 0.1) is 0 Å². The van der Waals surface area contributed by atoms with Crippen molar-refractivity contribution < 1.29 is 8.78 Å². The van der Waals surface area contributed by atoms with Gasteiger partial charge in [-0.3, -0.25) is 0 Å². The molecule has 0 amide bonds. The Morgan fingerprint density at radius 1 is 1.14 bits per heavy atom. The molecule has 0 nitrogen and oxygen atoms in total. The number of hydrogen-bond acceptors (Lipinski definition) is 0. The summed E-state index contributed by atoms with van der Waals surface area (Å²) in [5.74, 6) is -2.19. The van der Waals surface area contributed by atoms with Crippen LogP contribution in [0.25, 0.3) is 0 Å². The Bertz CT molecular complexity index is 205. The van der Waals surface area contributed by atoms with Crippen molar-refractivity contribution in [2.45, 2.75) is 55.7 Å². The van der Waals surface area contributed by atoms with Crippen LogP contribution in [0.1, 0.15) is 44.9 Å².